The van der Waals surface area contributed by atoms with Crippen molar-refractivity contribution in [2.45, 2.75) is 71.4 Å². The number of imidazole rings is 1. The van der Waals surface area contributed by atoms with Crippen LogP contribution < -0.4 is 5.32 Å². The Morgan fingerprint density at radius 3 is 2.72 bits per heavy atom. The smallest absolute Gasteiger partial charge is 0.224 e. The molecule has 1 aliphatic heterocycles. The first-order chi connectivity index (χ1) is 17.4. The molecule has 2 heterocycles. The first-order valence-corrected chi connectivity index (χ1v) is 13.5. The van der Waals surface area contributed by atoms with Gasteiger partial charge in [0.2, 0.25) is 5.91 Å². The van der Waals surface area contributed by atoms with Crippen molar-refractivity contribution in [2.75, 3.05) is 32.1 Å². The van der Waals surface area contributed by atoms with Crippen molar-refractivity contribution in [1.29, 1.82) is 0 Å². The van der Waals surface area contributed by atoms with Gasteiger partial charge in [-0.25, -0.2) is 4.98 Å². The van der Waals surface area contributed by atoms with Gasteiger partial charge in [-0.05, 0) is 73.1 Å². The van der Waals surface area contributed by atoms with Crippen LogP contribution in [0.5, 0.6) is 0 Å². The lowest BCUT2D eigenvalue weighted by molar-refractivity contribution is -0.115. The van der Waals surface area contributed by atoms with Crippen LogP contribution >= 0.6 is 0 Å². The van der Waals surface area contributed by atoms with Crippen LogP contribution in [0.1, 0.15) is 68.1 Å². The Morgan fingerprint density at radius 2 is 1.97 bits per heavy atom. The number of carbonyl (C=O) groups excluding carboxylic acids is 1. The van der Waals surface area contributed by atoms with Crippen LogP contribution in [0.3, 0.4) is 0 Å². The van der Waals surface area contributed by atoms with Crippen molar-refractivity contribution in [3.05, 3.63) is 58.9 Å². The Hall–Kier alpha value is -2.70. The molecule has 2 aliphatic rings. The van der Waals surface area contributed by atoms with Gasteiger partial charge in [-0.3, -0.25) is 4.79 Å². The highest BCUT2D eigenvalue weighted by atomic mass is 16.5. The summed E-state index contributed by atoms with van der Waals surface area (Å²) in [6.07, 6.45) is 3.88. The molecule has 6 heteroatoms. The Morgan fingerprint density at radius 1 is 1.17 bits per heavy atom. The van der Waals surface area contributed by atoms with Gasteiger partial charge in [-0.15, -0.1) is 0 Å². The zero-order valence-electron chi connectivity index (χ0n) is 22.4. The number of hydrogen-bond acceptors (Lipinski definition) is 4. The predicted molar refractivity (Wildman–Crippen MR) is 146 cm³/mol. The van der Waals surface area contributed by atoms with Crippen molar-refractivity contribution in [3.8, 4) is 0 Å². The van der Waals surface area contributed by atoms with Crippen LogP contribution in [0.4, 0.5) is 5.69 Å². The van der Waals surface area contributed by atoms with Crippen LogP contribution in [0.25, 0.3) is 11.0 Å². The minimum Gasteiger partial charge on any atom is -0.378 e. The summed E-state index contributed by atoms with van der Waals surface area (Å²) in [4.78, 5) is 19.4. The molecule has 0 radical (unpaired) electrons. The molecule has 192 valence electrons. The zero-order chi connectivity index (χ0) is 25.4. The van der Waals surface area contributed by atoms with E-state index in [1.165, 1.54) is 22.2 Å². The fraction of sp³-hybridized carbons (Fsp3) is 0.533. The molecule has 1 aliphatic carbocycles. The summed E-state index contributed by atoms with van der Waals surface area (Å²) in [5, 5.41) is 3.00. The third kappa shape index (κ3) is 4.94. The number of nitrogens with one attached hydrogen (secondary N) is 1. The SMILES string of the molecule is CCC(=O)Nc1ccc2c(c1)CC(CN1CCC(n3c(C(C)C)nc4cc(C)ccc43)C(OC)C1)C2. The van der Waals surface area contributed by atoms with Gasteiger partial charge in [0.25, 0.3) is 0 Å². The molecule has 0 bridgehead atoms. The minimum atomic E-state index is 0.0689. The number of nitrogens with zero attached hydrogens (tertiary/aromatic N) is 3. The first kappa shape index (κ1) is 25.0. The van der Waals surface area contributed by atoms with Gasteiger partial charge in [0.05, 0.1) is 23.2 Å². The molecule has 3 aromatic rings. The Balaban J connectivity index is 1.28. The average molecular weight is 489 g/mol. The van der Waals surface area contributed by atoms with Crippen molar-refractivity contribution in [3.63, 3.8) is 0 Å². The molecule has 0 saturated carbocycles. The number of ether oxygens (including phenoxy) is 1. The Labute approximate surface area is 215 Å². The number of fused-ring (bicyclic) bond motifs is 2. The van der Waals surface area contributed by atoms with E-state index in [0.717, 1.165) is 55.9 Å². The topological polar surface area (TPSA) is 59.4 Å². The lowest BCUT2D eigenvalue weighted by Gasteiger charge is -2.40. The molecule has 36 heavy (non-hydrogen) atoms. The number of amides is 1. The van der Waals surface area contributed by atoms with E-state index < -0.39 is 0 Å². The van der Waals surface area contributed by atoms with Crippen LogP contribution in [-0.2, 0) is 22.4 Å². The number of aromatic nitrogens is 2. The number of methoxy groups -OCH3 is 1. The van der Waals surface area contributed by atoms with Crippen molar-refractivity contribution in [2.24, 2.45) is 5.92 Å². The maximum atomic E-state index is 11.8. The molecule has 5 rings (SSSR count). The molecule has 2 aromatic carbocycles. The first-order valence-electron chi connectivity index (χ1n) is 13.5. The summed E-state index contributed by atoms with van der Waals surface area (Å²) in [5.74, 6) is 2.19. The molecular formula is C30H40N4O2. The predicted octanol–water partition coefficient (Wildman–Crippen LogP) is 5.49. The number of aryl methyl sites for hydroxylation is 1. The lowest BCUT2D eigenvalue weighted by Crippen LogP contribution is -2.47. The summed E-state index contributed by atoms with van der Waals surface area (Å²) >= 11 is 0. The van der Waals surface area contributed by atoms with E-state index in [-0.39, 0.29) is 12.0 Å². The summed E-state index contributed by atoms with van der Waals surface area (Å²) in [6, 6.07) is 13.3. The number of likely N-dealkylation sites (tertiary alicyclic amines) is 1. The average Bonchev–Trinajstić information content (AvgIpc) is 3.44. The number of hydrogen-bond donors (Lipinski definition) is 1. The molecule has 1 N–H and O–H groups in total. The quantitative estimate of drug-likeness (QED) is 0.478. The zero-order valence-corrected chi connectivity index (χ0v) is 22.4. The maximum absolute atomic E-state index is 11.8. The Kier molecular flexibility index (Phi) is 7.18. The van der Waals surface area contributed by atoms with E-state index in [2.05, 4.69) is 65.9 Å². The second-order valence-electron chi connectivity index (χ2n) is 11.0. The molecule has 6 nitrogen and oxygen atoms in total. The molecule has 3 unspecified atom stereocenters. The van der Waals surface area contributed by atoms with E-state index in [4.69, 9.17) is 9.72 Å². The summed E-state index contributed by atoms with van der Waals surface area (Å²) in [6.45, 7) is 11.6. The number of benzene rings is 2. The van der Waals surface area contributed by atoms with Gasteiger partial charge in [-0.1, -0.05) is 32.9 Å². The molecule has 1 amide bonds. The van der Waals surface area contributed by atoms with Crippen molar-refractivity contribution >= 4 is 22.6 Å². The third-order valence-corrected chi connectivity index (χ3v) is 7.98. The normalized spacial score (nSPS) is 22.3. The highest BCUT2D eigenvalue weighted by molar-refractivity contribution is 5.90. The van der Waals surface area contributed by atoms with Gasteiger partial charge in [0.15, 0.2) is 0 Å². The minimum absolute atomic E-state index is 0.0689. The van der Waals surface area contributed by atoms with Gasteiger partial charge in [-0.2, -0.15) is 0 Å². The second-order valence-corrected chi connectivity index (χ2v) is 11.0. The highest BCUT2D eigenvalue weighted by Crippen LogP contribution is 2.35. The highest BCUT2D eigenvalue weighted by Gasteiger charge is 2.35. The molecule has 3 atom stereocenters. The fourth-order valence-electron chi connectivity index (χ4n) is 6.17. The Bertz CT molecular complexity index is 1250. The monoisotopic (exact) mass is 488 g/mol. The molecule has 0 spiro atoms. The van der Waals surface area contributed by atoms with Crippen LogP contribution in [-0.4, -0.2) is 53.2 Å². The van der Waals surface area contributed by atoms with Crippen LogP contribution in [0.15, 0.2) is 36.4 Å². The van der Waals surface area contributed by atoms with Crippen molar-refractivity contribution in [1.82, 2.24) is 14.5 Å². The van der Waals surface area contributed by atoms with Crippen LogP contribution in [0.2, 0.25) is 0 Å². The van der Waals surface area contributed by atoms with Gasteiger partial charge in [0, 0.05) is 44.8 Å². The summed E-state index contributed by atoms with van der Waals surface area (Å²) in [5.41, 5.74) is 7.29. The lowest BCUT2D eigenvalue weighted by atomic mass is 9.97. The standard InChI is InChI=1S/C30H40N4O2/c1-6-29(35)31-24-9-8-22-14-21(15-23(22)16-24)17-33-12-11-27(28(18-33)36-5)34-26-10-7-20(4)13-25(26)32-30(34)19(2)3/h7-10,13,16,19,21,27-28H,6,11-12,14-15,17-18H2,1-5H3,(H,31,35). The number of anilines is 1. The fourth-order valence-corrected chi connectivity index (χ4v) is 6.17. The molecule has 1 saturated heterocycles. The van der Waals surface area contributed by atoms with E-state index in [1.54, 1.807) is 0 Å². The largest absolute Gasteiger partial charge is 0.378 e. The van der Waals surface area contributed by atoms with Gasteiger partial charge in [0.1, 0.15) is 5.82 Å². The van der Waals surface area contributed by atoms with Gasteiger partial charge < -0.3 is 19.5 Å². The maximum Gasteiger partial charge on any atom is 0.224 e. The van der Waals surface area contributed by atoms with Gasteiger partial charge >= 0.3 is 0 Å². The second kappa shape index (κ2) is 10.3. The number of rotatable bonds is 7. The van der Waals surface area contributed by atoms with E-state index in [0.29, 0.717) is 24.3 Å². The molecule has 1 fully saturated rings. The molecule has 1 aromatic heterocycles. The number of piperidine rings is 1. The summed E-state index contributed by atoms with van der Waals surface area (Å²) < 4.78 is 8.60. The van der Waals surface area contributed by atoms with E-state index in [1.807, 2.05) is 20.1 Å². The van der Waals surface area contributed by atoms with E-state index >= 15 is 0 Å². The van der Waals surface area contributed by atoms with E-state index in [9.17, 15) is 4.79 Å². The number of carbonyl (C=O) groups is 1. The van der Waals surface area contributed by atoms with Crippen LogP contribution in [0, 0.1) is 12.8 Å². The molecular weight excluding hydrogens is 448 g/mol. The third-order valence-electron chi connectivity index (χ3n) is 7.98. The van der Waals surface area contributed by atoms with Crippen molar-refractivity contribution < 1.29 is 9.53 Å². The summed E-state index contributed by atoms with van der Waals surface area (Å²) in [7, 11) is 1.86.